The van der Waals surface area contributed by atoms with Gasteiger partial charge < -0.3 is 14.8 Å². The second-order valence-corrected chi connectivity index (χ2v) is 4.69. The molecular weight excluding hydrogens is 214 g/mol. The van der Waals surface area contributed by atoms with Crippen LogP contribution in [0.3, 0.4) is 0 Å². The predicted molar refractivity (Wildman–Crippen MR) is 68.1 cm³/mol. The van der Waals surface area contributed by atoms with Crippen LogP contribution in [0.5, 0.6) is 0 Å². The van der Waals surface area contributed by atoms with Gasteiger partial charge in [-0.25, -0.2) is 0 Å². The standard InChI is InChI=1S/C13H21N3O/c1-3-7-15-8-4-5-12(15)13(17)16-9-6-14-11(2)10-16/h4-5,8,11,14H,3,6-7,9-10H2,1-2H3/t11-/m0/s1. The van der Waals surface area contributed by atoms with Crippen LogP contribution in [0, 0.1) is 0 Å². The third kappa shape index (κ3) is 2.69. The number of aryl methyl sites for hydroxylation is 1. The van der Waals surface area contributed by atoms with E-state index in [0.29, 0.717) is 6.04 Å². The SMILES string of the molecule is CCCn1cccc1C(=O)N1CCN[C@@H](C)C1. The highest BCUT2D eigenvalue weighted by Gasteiger charge is 2.23. The van der Waals surface area contributed by atoms with Gasteiger partial charge in [-0.15, -0.1) is 0 Å². The zero-order valence-electron chi connectivity index (χ0n) is 10.6. The average molecular weight is 235 g/mol. The van der Waals surface area contributed by atoms with E-state index in [1.54, 1.807) is 0 Å². The van der Waals surface area contributed by atoms with Gasteiger partial charge in [0, 0.05) is 38.4 Å². The van der Waals surface area contributed by atoms with Crippen LogP contribution in [0.4, 0.5) is 0 Å². The summed E-state index contributed by atoms with van der Waals surface area (Å²) in [4.78, 5) is 14.3. The zero-order chi connectivity index (χ0) is 12.3. The van der Waals surface area contributed by atoms with Crippen LogP contribution >= 0.6 is 0 Å². The summed E-state index contributed by atoms with van der Waals surface area (Å²) in [6.45, 7) is 7.65. The Balaban J connectivity index is 2.10. The van der Waals surface area contributed by atoms with Crippen molar-refractivity contribution in [3.8, 4) is 0 Å². The van der Waals surface area contributed by atoms with Crippen molar-refractivity contribution in [2.24, 2.45) is 0 Å². The van der Waals surface area contributed by atoms with Crippen LogP contribution in [0.1, 0.15) is 30.8 Å². The van der Waals surface area contributed by atoms with Crippen LogP contribution in [-0.2, 0) is 6.54 Å². The quantitative estimate of drug-likeness (QED) is 0.858. The molecule has 1 saturated heterocycles. The molecule has 1 aliphatic heterocycles. The highest BCUT2D eigenvalue weighted by Crippen LogP contribution is 2.10. The maximum Gasteiger partial charge on any atom is 0.270 e. The van der Waals surface area contributed by atoms with Gasteiger partial charge in [-0.1, -0.05) is 6.92 Å². The maximum absolute atomic E-state index is 12.4. The van der Waals surface area contributed by atoms with E-state index in [0.717, 1.165) is 38.3 Å². The number of carbonyl (C=O) groups excluding carboxylic acids is 1. The van der Waals surface area contributed by atoms with Gasteiger partial charge in [0.25, 0.3) is 5.91 Å². The van der Waals surface area contributed by atoms with Gasteiger partial charge in [0.2, 0.25) is 0 Å². The van der Waals surface area contributed by atoms with Crippen molar-refractivity contribution < 1.29 is 4.79 Å². The minimum absolute atomic E-state index is 0.164. The Morgan fingerprint density at radius 3 is 3.12 bits per heavy atom. The average Bonchev–Trinajstić information content (AvgIpc) is 2.77. The van der Waals surface area contributed by atoms with Crippen LogP contribution in [-0.4, -0.2) is 41.1 Å². The molecule has 17 heavy (non-hydrogen) atoms. The first-order valence-corrected chi connectivity index (χ1v) is 6.40. The summed E-state index contributed by atoms with van der Waals surface area (Å²) >= 11 is 0. The Labute approximate surface area is 103 Å². The lowest BCUT2D eigenvalue weighted by molar-refractivity contribution is 0.0698. The summed E-state index contributed by atoms with van der Waals surface area (Å²) in [5.41, 5.74) is 0.820. The molecule has 0 saturated carbocycles. The molecule has 4 nitrogen and oxygen atoms in total. The molecule has 0 bridgehead atoms. The number of nitrogens with one attached hydrogen (secondary N) is 1. The monoisotopic (exact) mass is 235 g/mol. The van der Waals surface area contributed by atoms with Crippen molar-refractivity contribution in [1.29, 1.82) is 0 Å². The zero-order valence-corrected chi connectivity index (χ0v) is 10.6. The van der Waals surface area contributed by atoms with Gasteiger partial charge in [-0.05, 0) is 25.5 Å². The Bertz CT molecular complexity index is 386. The topological polar surface area (TPSA) is 37.3 Å². The molecule has 1 aromatic heterocycles. The van der Waals surface area contributed by atoms with E-state index in [-0.39, 0.29) is 5.91 Å². The fourth-order valence-corrected chi connectivity index (χ4v) is 2.32. The summed E-state index contributed by atoms with van der Waals surface area (Å²) in [5, 5.41) is 3.35. The summed E-state index contributed by atoms with van der Waals surface area (Å²) < 4.78 is 2.05. The first kappa shape index (κ1) is 12.2. The van der Waals surface area contributed by atoms with E-state index in [9.17, 15) is 4.79 Å². The lowest BCUT2D eigenvalue weighted by Gasteiger charge is -2.32. The smallest absolute Gasteiger partial charge is 0.270 e. The largest absolute Gasteiger partial charge is 0.344 e. The van der Waals surface area contributed by atoms with Crippen molar-refractivity contribution in [1.82, 2.24) is 14.8 Å². The number of hydrogen-bond donors (Lipinski definition) is 1. The maximum atomic E-state index is 12.4. The van der Waals surface area contributed by atoms with Gasteiger partial charge in [0.15, 0.2) is 0 Å². The number of piperazine rings is 1. The van der Waals surface area contributed by atoms with E-state index in [2.05, 4.69) is 23.7 Å². The molecule has 1 aliphatic rings. The lowest BCUT2D eigenvalue weighted by Crippen LogP contribution is -2.51. The first-order valence-electron chi connectivity index (χ1n) is 6.40. The second kappa shape index (κ2) is 5.36. The molecule has 1 atom stereocenters. The number of rotatable bonds is 3. The molecular formula is C13H21N3O. The molecule has 1 amide bonds. The first-order chi connectivity index (χ1) is 8.22. The van der Waals surface area contributed by atoms with E-state index < -0.39 is 0 Å². The van der Waals surface area contributed by atoms with Crippen molar-refractivity contribution in [3.05, 3.63) is 24.0 Å². The lowest BCUT2D eigenvalue weighted by atomic mass is 10.2. The highest BCUT2D eigenvalue weighted by atomic mass is 16.2. The number of hydrogen-bond acceptors (Lipinski definition) is 2. The Hall–Kier alpha value is -1.29. The second-order valence-electron chi connectivity index (χ2n) is 4.69. The molecule has 4 heteroatoms. The van der Waals surface area contributed by atoms with Crippen LogP contribution < -0.4 is 5.32 Å². The van der Waals surface area contributed by atoms with Gasteiger partial charge >= 0.3 is 0 Å². The van der Waals surface area contributed by atoms with Crippen molar-refractivity contribution in [3.63, 3.8) is 0 Å². The number of aromatic nitrogens is 1. The molecule has 0 radical (unpaired) electrons. The van der Waals surface area contributed by atoms with Crippen molar-refractivity contribution in [2.45, 2.75) is 32.9 Å². The molecule has 2 heterocycles. The van der Waals surface area contributed by atoms with E-state index in [1.165, 1.54) is 0 Å². The van der Waals surface area contributed by atoms with Crippen molar-refractivity contribution >= 4 is 5.91 Å². The molecule has 1 N–H and O–H groups in total. The molecule has 0 unspecified atom stereocenters. The Morgan fingerprint density at radius 2 is 2.41 bits per heavy atom. The fourth-order valence-electron chi connectivity index (χ4n) is 2.32. The normalized spacial score (nSPS) is 20.6. The summed E-state index contributed by atoms with van der Waals surface area (Å²) in [7, 11) is 0. The minimum atomic E-state index is 0.164. The van der Waals surface area contributed by atoms with E-state index in [4.69, 9.17) is 0 Å². The molecule has 0 aromatic carbocycles. The molecule has 1 fully saturated rings. The number of amides is 1. The minimum Gasteiger partial charge on any atom is -0.344 e. The molecule has 1 aromatic rings. The molecule has 2 rings (SSSR count). The summed E-state index contributed by atoms with van der Waals surface area (Å²) in [6.07, 6.45) is 3.04. The predicted octanol–water partition coefficient (Wildman–Crippen LogP) is 1.33. The fraction of sp³-hybridized carbons (Fsp3) is 0.615. The van der Waals surface area contributed by atoms with Gasteiger partial charge in [-0.2, -0.15) is 0 Å². The number of carbonyl (C=O) groups is 1. The Kier molecular flexibility index (Phi) is 3.84. The highest BCUT2D eigenvalue weighted by molar-refractivity contribution is 5.92. The van der Waals surface area contributed by atoms with Gasteiger partial charge in [0.1, 0.15) is 5.69 Å². The third-order valence-corrected chi connectivity index (χ3v) is 3.17. The third-order valence-electron chi connectivity index (χ3n) is 3.17. The van der Waals surface area contributed by atoms with Crippen LogP contribution in [0.15, 0.2) is 18.3 Å². The van der Waals surface area contributed by atoms with Gasteiger partial charge in [-0.3, -0.25) is 4.79 Å². The van der Waals surface area contributed by atoms with E-state index >= 15 is 0 Å². The summed E-state index contributed by atoms with van der Waals surface area (Å²) in [6, 6.07) is 4.27. The number of nitrogens with zero attached hydrogens (tertiary/aromatic N) is 2. The van der Waals surface area contributed by atoms with E-state index in [1.807, 2.05) is 23.2 Å². The molecule has 0 spiro atoms. The van der Waals surface area contributed by atoms with Crippen LogP contribution in [0.25, 0.3) is 0 Å². The summed E-state index contributed by atoms with van der Waals surface area (Å²) in [5.74, 6) is 0.164. The molecule has 0 aliphatic carbocycles. The van der Waals surface area contributed by atoms with Gasteiger partial charge in [0.05, 0.1) is 0 Å². The Morgan fingerprint density at radius 1 is 1.59 bits per heavy atom. The van der Waals surface area contributed by atoms with Crippen LogP contribution in [0.2, 0.25) is 0 Å². The molecule has 94 valence electrons. The van der Waals surface area contributed by atoms with Crippen molar-refractivity contribution in [2.75, 3.05) is 19.6 Å².